The molecule has 0 unspecified atom stereocenters. The van der Waals surface area contributed by atoms with Crippen LogP contribution in [0.2, 0.25) is 0 Å². The molecular weight excluding hydrogens is 384 g/mol. The van der Waals surface area contributed by atoms with E-state index < -0.39 is 10.0 Å². The van der Waals surface area contributed by atoms with Crippen LogP contribution in [0.1, 0.15) is 25.3 Å². The van der Waals surface area contributed by atoms with Gasteiger partial charge in [-0.25, -0.2) is 8.42 Å². The molecular formula is C19H24N2O4S2. The van der Waals surface area contributed by atoms with Gasteiger partial charge in [-0.05, 0) is 48.9 Å². The van der Waals surface area contributed by atoms with Crippen LogP contribution < -0.4 is 10.1 Å². The molecule has 1 aromatic carbocycles. The predicted octanol–water partition coefficient (Wildman–Crippen LogP) is 2.86. The zero-order valence-corrected chi connectivity index (χ0v) is 16.9. The van der Waals surface area contributed by atoms with Gasteiger partial charge in [0.15, 0.2) is 0 Å². The molecule has 27 heavy (non-hydrogen) atoms. The molecule has 1 aromatic heterocycles. The van der Waals surface area contributed by atoms with Crippen molar-refractivity contribution >= 4 is 27.3 Å². The second-order valence-electron chi connectivity index (χ2n) is 6.41. The maximum absolute atomic E-state index is 12.5. The van der Waals surface area contributed by atoms with Crippen LogP contribution in [0.3, 0.4) is 0 Å². The largest absolute Gasteiger partial charge is 0.494 e. The fourth-order valence-corrected chi connectivity index (χ4v) is 5.71. The average Bonchev–Trinajstić information content (AvgIpc) is 3.23. The van der Waals surface area contributed by atoms with Crippen LogP contribution in [-0.2, 0) is 21.4 Å². The summed E-state index contributed by atoms with van der Waals surface area (Å²) in [6.07, 6.45) is 1.08. The van der Waals surface area contributed by atoms with Gasteiger partial charge < -0.3 is 10.1 Å². The maximum atomic E-state index is 12.5. The van der Waals surface area contributed by atoms with Crippen LogP contribution in [0, 0.1) is 5.92 Å². The van der Waals surface area contributed by atoms with Crippen molar-refractivity contribution < 1.29 is 17.9 Å². The van der Waals surface area contributed by atoms with E-state index in [0.29, 0.717) is 43.3 Å². The highest BCUT2D eigenvalue weighted by atomic mass is 32.2. The quantitative estimate of drug-likeness (QED) is 0.764. The van der Waals surface area contributed by atoms with E-state index in [-0.39, 0.29) is 11.8 Å². The van der Waals surface area contributed by atoms with E-state index in [0.717, 1.165) is 11.3 Å². The van der Waals surface area contributed by atoms with E-state index in [1.807, 2.05) is 31.2 Å². The van der Waals surface area contributed by atoms with Gasteiger partial charge in [0.05, 0.1) is 6.61 Å². The minimum Gasteiger partial charge on any atom is -0.494 e. The lowest BCUT2D eigenvalue weighted by atomic mass is 9.97. The Hall–Kier alpha value is -1.90. The molecule has 1 aliphatic rings. The first-order valence-electron chi connectivity index (χ1n) is 9.04. The molecule has 0 spiro atoms. The normalized spacial score (nSPS) is 16.2. The van der Waals surface area contributed by atoms with E-state index in [1.165, 1.54) is 15.6 Å². The Morgan fingerprint density at radius 2 is 1.93 bits per heavy atom. The third kappa shape index (κ3) is 4.88. The number of carbonyl (C=O) groups excluding carboxylic acids is 1. The molecule has 1 N–H and O–H groups in total. The van der Waals surface area contributed by atoms with Crippen molar-refractivity contribution in [3.8, 4) is 5.75 Å². The van der Waals surface area contributed by atoms with E-state index >= 15 is 0 Å². The molecule has 2 heterocycles. The number of rotatable bonds is 7. The van der Waals surface area contributed by atoms with Crippen molar-refractivity contribution in [2.75, 3.05) is 19.7 Å². The van der Waals surface area contributed by atoms with Crippen molar-refractivity contribution in [2.24, 2.45) is 5.92 Å². The van der Waals surface area contributed by atoms with Gasteiger partial charge in [-0.2, -0.15) is 4.31 Å². The third-order valence-corrected chi connectivity index (χ3v) is 7.89. The van der Waals surface area contributed by atoms with Crippen LogP contribution >= 0.6 is 11.3 Å². The molecule has 1 amide bonds. The number of sulfonamides is 1. The van der Waals surface area contributed by atoms with Gasteiger partial charge in [0.25, 0.3) is 10.0 Å². The van der Waals surface area contributed by atoms with Crippen molar-refractivity contribution in [1.29, 1.82) is 0 Å². The van der Waals surface area contributed by atoms with Crippen molar-refractivity contribution in [2.45, 2.75) is 30.5 Å². The summed E-state index contributed by atoms with van der Waals surface area (Å²) in [5, 5.41) is 4.71. The maximum Gasteiger partial charge on any atom is 0.252 e. The molecule has 3 rings (SSSR count). The van der Waals surface area contributed by atoms with Gasteiger partial charge >= 0.3 is 0 Å². The Morgan fingerprint density at radius 1 is 1.22 bits per heavy atom. The monoisotopic (exact) mass is 408 g/mol. The van der Waals surface area contributed by atoms with Gasteiger partial charge in [-0.15, -0.1) is 11.3 Å². The second kappa shape index (κ2) is 8.86. The topological polar surface area (TPSA) is 75.7 Å². The van der Waals surface area contributed by atoms with Gasteiger partial charge in [0, 0.05) is 25.6 Å². The fraction of sp³-hybridized carbons (Fsp3) is 0.421. The summed E-state index contributed by atoms with van der Waals surface area (Å²) < 4.78 is 32.3. The number of piperidine rings is 1. The highest BCUT2D eigenvalue weighted by Crippen LogP contribution is 2.26. The summed E-state index contributed by atoms with van der Waals surface area (Å²) in [7, 11) is -3.42. The van der Waals surface area contributed by atoms with Crippen LogP contribution in [0.4, 0.5) is 0 Å². The molecule has 0 radical (unpaired) electrons. The first-order valence-corrected chi connectivity index (χ1v) is 11.4. The van der Waals surface area contributed by atoms with Crippen molar-refractivity contribution in [3.05, 3.63) is 47.3 Å². The average molecular weight is 409 g/mol. The smallest absolute Gasteiger partial charge is 0.252 e. The van der Waals surface area contributed by atoms with Gasteiger partial charge in [-0.1, -0.05) is 18.2 Å². The second-order valence-corrected chi connectivity index (χ2v) is 9.52. The van der Waals surface area contributed by atoms with E-state index in [1.54, 1.807) is 17.5 Å². The van der Waals surface area contributed by atoms with Gasteiger partial charge in [-0.3, -0.25) is 4.79 Å². The number of benzene rings is 1. The lowest BCUT2D eigenvalue weighted by molar-refractivity contribution is -0.126. The lowest BCUT2D eigenvalue weighted by Gasteiger charge is -2.30. The summed E-state index contributed by atoms with van der Waals surface area (Å²) in [6, 6.07) is 11.0. The van der Waals surface area contributed by atoms with Crippen molar-refractivity contribution in [3.63, 3.8) is 0 Å². The first-order chi connectivity index (χ1) is 13.0. The Bertz CT molecular complexity index is 840. The first kappa shape index (κ1) is 19.9. The Labute approximate surface area is 164 Å². The lowest BCUT2D eigenvalue weighted by Crippen LogP contribution is -2.42. The molecule has 0 aliphatic carbocycles. The van der Waals surface area contributed by atoms with Gasteiger partial charge in [0.1, 0.15) is 9.96 Å². The number of hydrogen-bond donors (Lipinski definition) is 1. The SMILES string of the molecule is CCOc1ccc(CNC(=O)C2CCN(S(=O)(=O)c3cccs3)CC2)cc1. The molecule has 2 aromatic rings. The highest BCUT2D eigenvalue weighted by Gasteiger charge is 2.32. The summed E-state index contributed by atoms with van der Waals surface area (Å²) in [5.74, 6) is 0.645. The minimum absolute atomic E-state index is 0.0166. The molecule has 1 aliphatic heterocycles. The van der Waals surface area contributed by atoms with Gasteiger partial charge in [0.2, 0.25) is 5.91 Å². The summed E-state index contributed by atoms with van der Waals surface area (Å²) in [4.78, 5) is 12.4. The summed E-state index contributed by atoms with van der Waals surface area (Å²) in [6.45, 7) is 3.77. The number of amides is 1. The Balaban J connectivity index is 1.48. The Morgan fingerprint density at radius 3 is 2.52 bits per heavy atom. The van der Waals surface area contributed by atoms with Crippen molar-refractivity contribution in [1.82, 2.24) is 9.62 Å². The number of carbonyl (C=O) groups is 1. The summed E-state index contributed by atoms with van der Waals surface area (Å²) in [5.41, 5.74) is 1.00. The molecule has 1 saturated heterocycles. The molecule has 0 saturated carbocycles. The molecule has 0 atom stereocenters. The number of hydrogen-bond acceptors (Lipinski definition) is 5. The van der Waals surface area contributed by atoms with Crippen LogP contribution in [-0.4, -0.2) is 38.3 Å². The molecule has 8 heteroatoms. The fourth-order valence-electron chi connectivity index (χ4n) is 3.10. The standard InChI is InChI=1S/C19H24N2O4S2/c1-2-25-17-7-5-15(6-8-17)14-20-19(22)16-9-11-21(12-10-16)27(23,24)18-4-3-13-26-18/h3-8,13,16H,2,9-12,14H2,1H3,(H,20,22). The van der Waals surface area contributed by atoms with Crippen LogP contribution in [0.25, 0.3) is 0 Å². The highest BCUT2D eigenvalue weighted by molar-refractivity contribution is 7.91. The zero-order chi connectivity index (χ0) is 19.3. The van der Waals surface area contributed by atoms with Crippen LogP contribution in [0.5, 0.6) is 5.75 Å². The van der Waals surface area contributed by atoms with E-state index in [9.17, 15) is 13.2 Å². The predicted molar refractivity (Wildman–Crippen MR) is 105 cm³/mol. The molecule has 0 bridgehead atoms. The zero-order valence-electron chi connectivity index (χ0n) is 15.3. The number of thiophene rings is 1. The number of ether oxygens (including phenoxy) is 1. The Kier molecular flexibility index (Phi) is 6.51. The van der Waals surface area contributed by atoms with E-state index in [4.69, 9.17) is 4.74 Å². The molecule has 6 nitrogen and oxygen atoms in total. The molecule has 1 fully saturated rings. The number of nitrogens with zero attached hydrogens (tertiary/aromatic N) is 1. The van der Waals surface area contributed by atoms with E-state index in [2.05, 4.69) is 5.32 Å². The number of nitrogens with one attached hydrogen (secondary N) is 1. The third-order valence-electron chi connectivity index (χ3n) is 4.62. The summed E-state index contributed by atoms with van der Waals surface area (Å²) >= 11 is 1.22. The molecule has 146 valence electrons. The minimum atomic E-state index is -3.42. The van der Waals surface area contributed by atoms with Crippen LogP contribution in [0.15, 0.2) is 46.0 Å².